The van der Waals surface area contributed by atoms with Gasteiger partial charge in [0.15, 0.2) is 0 Å². The molecule has 4 nitrogen and oxygen atoms in total. The maximum absolute atomic E-state index is 5.47. The van der Waals surface area contributed by atoms with Crippen LogP contribution in [0.2, 0.25) is 0 Å². The number of hydrogen-bond acceptors (Lipinski definition) is 4. The largest absolute Gasteiger partial charge is 0.381 e. The maximum atomic E-state index is 5.47. The van der Waals surface area contributed by atoms with Gasteiger partial charge in [-0.15, -0.1) is 0 Å². The van der Waals surface area contributed by atoms with Gasteiger partial charge in [0.25, 0.3) is 0 Å². The van der Waals surface area contributed by atoms with Crippen LogP contribution in [0.4, 0.5) is 0 Å². The third-order valence-corrected chi connectivity index (χ3v) is 3.67. The number of rotatable bonds is 2. The van der Waals surface area contributed by atoms with E-state index in [1.54, 1.807) is 0 Å². The molecule has 0 amide bonds. The van der Waals surface area contributed by atoms with E-state index in [1.807, 2.05) is 0 Å². The van der Waals surface area contributed by atoms with Crippen LogP contribution in [0.5, 0.6) is 0 Å². The van der Waals surface area contributed by atoms with Crippen molar-refractivity contribution < 1.29 is 9.47 Å². The first-order chi connectivity index (χ1) is 7.87. The summed E-state index contributed by atoms with van der Waals surface area (Å²) < 4.78 is 10.8. The van der Waals surface area contributed by atoms with Gasteiger partial charge in [0, 0.05) is 25.2 Å². The van der Waals surface area contributed by atoms with Gasteiger partial charge in [-0.1, -0.05) is 6.92 Å². The molecule has 1 N–H and O–H groups in total. The Kier molecular flexibility index (Phi) is 4.18. The predicted molar refractivity (Wildman–Crippen MR) is 63.9 cm³/mol. The number of aliphatic imine (C=N–C) groups is 1. The van der Waals surface area contributed by atoms with Crippen LogP contribution in [0.1, 0.15) is 26.2 Å². The molecule has 0 atom stereocenters. The van der Waals surface area contributed by atoms with Crippen LogP contribution in [0.3, 0.4) is 0 Å². The van der Waals surface area contributed by atoms with Crippen molar-refractivity contribution in [2.75, 3.05) is 39.5 Å². The van der Waals surface area contributed by atoms with Crippen LogP contribution in [-0.2, 0) is 9.47 Å². The molecular formula is C12H22N2O2. The number of hydrogen-bond donors (Lipinski definition) is 1. The zero-order valence-electron chi connectivity index (χ0n) is 10.1. The first kappa shape index (κ1) is 11.9. The van der Waals surface area contributed by atoms with Crippen molar-refractivity contribution >= 4 is 5.84 Å². The summed E-state index contributed by atoms with van der Waals surface area (Å²) in [4.78, 5) is 4.67. The van der Waals surface area contributed by atoms with E-state index in [-0.39, 0.29) is 5.41 Å². The molecule has 1 saturated heterocycles. The number of ether oxygens (including phenoxy) is 2. The van der Waals surface area contributed by atoms with Crippen LogP contribution in [0.15, 0.2) is 4.99 Å². The molecule has 0 bridgehead atoms. The van der Waals surface area contributed by atoms with Crippen molar-refractivity contribution in [2.45, 2.75) is 26.2 Å². The molecule has 0 aromatic heterocycles. The van der Waals surface area contributed by atoms with Gasteiger partial charge in [-0.3, -0.25) is 4.99 Å². The van der Waals surface area contributed by atoms with E-state index in [1.165, 1.54) is 5.84 Å². The lowest BCUT2D eigenvalue weighted by Crippen LogP contribution is -2.46. The fraction of sp³-hybridized carbons (Fsp3) is 0.917. The van der Waals surface area contributed by atoms with E-state index in [9.17, 15) is 0 Å². The van der Waals surface area contributed by atoms with Gasteiger partial charge in [0.1, 0.15) is 5.84 Å². The highest BCUT2D eigenvalue weighted by molar-refractivity contribution is 5.88. The molecule has 0 unspecified atom stereocenters. The molecule has 0 aliphatic carbocycles. The fourth-order valence-corrected chi connectivity index (χ4v) is 2.50. The third kappa shape index (κ3) is 2.55. The van der Waals surface area contributed by atoms with Gasteiger partial charge in [-0.25, -0.2) is 0 Å². The number of nitrogens with zero attached hydrogens (tertiary/aromatic N) is 1. The topological polar surface area (TPSA) is 42.8 Å². The second-order valence-corrected chi connectivity index (χ2v) is 4.52. The minimum atomic E-state index is 0.232. The minimum absolute atomic E-state index is 0.232. The number of nitrogens with one attached hydrogen (secondary N) is 1. The minimum Gasteiger partial charge on any atom is -0.381 e. The standard InChI is InChI=1S/C12H22N2O2/c1-2-12(3-7-15-8-4-12)11-13-5-9-16-10-6-14-11/h2-10H2,1H3,(H,13,14). The SMILES string of the molecule is CCC1(/C2=N/CCOCCN2)CCOCC1. The molecule has 2 aliphatic rings. The molecule has 92 valence electrons. The van der Waals surface area contributed by atoms with Gasteiger partial charge in [0.05, 0.1) is 19.8 Å². The second kappa shape index (κ2) is 5.64. The van der Waals surface area contributed by atoms with Crippen LogP contribution in [-0.4, -0.2) is 45.4 Å². The molecule has 0 aromatic carbocycles. The molecule has 0 radical (unpaired) electrons. The summed E-state index contributed by atoms with van der Waals surface area (Å²) >= 11 is 0. The highest BCUT2D eigenvalue weighted by Crippen LogP contribution is 2.35. The Bertz CT molecular complexity index is 247. The van der Waals surface area contributed by atoms with Crippen LogP contribution >= 0.6 is 0 Å². The van der Waals surface area contributed by atoms with E-state index >= 15 is 0 Å². The summed E-state index contributed by atoms with van der Waals surface area (Å²) in [6.45, 7) is 7.18. The molecule has 0 spiro atoms. The Labute approximate surface area is 97.4 Å². The Morgan fingerprint density at radius 2 is 1.94 bits per heavy atom. The smallest absolute Gasteiger partial charge is 0.103 e. The monoisotopic (exact) mass is 226 g/mol. The van der Waals surface area contributed by atoms with E-state index < -0.39 is 0 Å². The lowest BCUT2D eigenvalue weighted by Gasteiger charge is -2.38. The van der Waals surface area contributed by atoms with Crippen molar-refractivity contribution in [2.24, 2.45) is 10.4 Å². The molecule has 2 rings (SSSR count). The zero-order valence-corrected chi connectivity index (χ0v) is 10.1. The van der Waals surface area contributed by atoms with Gasteiger partial charge < -0.3 is 14.8 Å². The highest BCUT2D eigenvalue weighted by atomic mass is 16.5. The average Bonchev–Trinajstić information content (AvgIpc) is 2.29. The number of amidine groups is 1. The van der Waals surface area contributed by atoms with Gasteiger partial charge in [-0.2, -0.15) is 0 Å². The quantitative estimate of drug-likeness (QED) is 0.769. The van der Waals surface area contributed by atoms with Crippen LogP contribution in [0.25, 0.3) is 0 Å². The summed E-state index contributed by atoms with van der Waals surface area (Å²) in [6, 6.07) is 0. The summed E-state index contributed by atoms with van der Waals surface area (Å²) in [5.74, 6) is 1.20. The summed E-state index contributed by atoms with van der Waals surface area (Å²) in [5, 5.41) is 3.45. The van der Waals surface area contributed by atoms with E-state index in [0.717, 1.165) is 58.8 Å². The lowest BCUT2D eigenvalue weighted by molar-refractivity contribution is 0.0416. The molecular weight excluding hydrogens is 204 g/mol. The molecule has 4 heteroatoms. The Morgan fingerprint density at radius 3 is 2.69 bits per heavy atom. The summed E-state index contributed by atoms with van der Waals surface area (Å²) in [5.41, 5.74) is 0.232. The Morgan fingerprint density at radius 1 is 1.19 bits per heavy atom. The van der Waals surface area contributed by atoms with Crippen molar-refractivity contribution in [3.8, 4) is 0 Å². The molecule has 1 fully saturated rings. The predicted octanol–water partition coefficient (Wildman–Crippen LogP) is 1.21. The van der Waals surface area contributed by atoms with Gasteiger partial charge in [-0.05, 0) is 19.3 Å². The Hall–Kier alpha value is -0.610. The first-order valence-electron chi connectivity index (χ1n) is 6.32. The van der Waals surface area contributed by atoms with E-state index in [2.05, 4.69) is 17.2 Å². The second-order valence-electron chi connectivity index (χ2n) is 4.52. The van der Waals surface area contributed by atoms with Gasteiger partial charge in [0.2, 0.25) is 0 Å². The van der Waals surface area contributed by atoms with Gasteiger partial charge >= 0.3 is 0 Å². The third-order valence-electron chi connectivity index (χ3n) is 3.67. The Balaban J connectivity index is 2.10. The molecule has 0 saturated carbocycles. The molecule has 0 aromatic rings. The van der Waals surface area contributed by atoms with Crippen molar-refractivity contribution in [1.29, 1.82) is 0 Å². The molecule has 2 aliphatic heterocycles. The molecule has 16 heavy (non-hydrogen) atoms. The van der Waals surface area contributed by atoms with Crippen molar-refractivity contribution in [3.05, 3.63) is 0 Å². The first-order valence-corrected chi connectivity index (χ1v) is 6.32. The van der Waals surface area contributed by atoms with E-state index in [4.69, 9.17) is 9.47 Å². The molecule has 2 heterocycles. The van der Waals surface area contributed by atoms with Crippen LogP contribution in [0, 0.1) is 5.41 Å². The summed E-state index contributed by atoms with van der Waals surface area (Å²) in [7, 11) is 0. The summed E-state index contributed by atoms with van der Waals surface area (Å²) in [6.07, 6.45) is 3.33. The van der Waals surface area contributed by atoms with Crippen molar-refractivity contribution in [3.63, 3.8) is 0 Å². The fourth-order valence-electron chi connectivity index (χ4n) is 2.50. The zero-order chi connectivity index (χ0) is 11.3. The van der Waals surface area contributed by atoms with Crippen molar-refractivity contribution in [1.82, 2.24) is 5.32 Å². The lowest BCUT2D eigenvalue weighted by atomic mass is 9.76. The van der Waals surface area contributed by atoms with E-state index in [0.29, 0.717) is 0 Å². The normalized spacial score (nSPS) is 29.4. The highest BCUT2D eigenvalue weighted by Gasteiger charge is 2.36. The average molecular weight is 226 g/mol. The maximum Gasteiger partial charge on any atom is 0.103 e. The van der Waals surface area contributed by atoms with Crippen LogP contribution < -0.4 is 5.32 Å².